The summed E-state index contributed by atoms with van der Waals surface area (Å²) in [4.78, 5) is 19.5. The van der Waals surface area contributed by atoms with Gasteiger partial charge >= 0.3 is 0 Å². The minimum Gasteiger partial charge on any atom is -0.358 e. The zero-order valence-corrected chi connectivity index (χ0v) is 14.0. The normalized spacial score (nSPS) is 11.4. The van der Waals surface area contributed by atoms with Crippen LogP contribution in [0.1, 0.15) is 17.7 Å². The maximum Gasteiger partial charge on any atom is 0.261 e. The predicted octanol–water partition coefficient (Wildman–Crippen LogP) is 2.79. The molecule has 6 heteroatoms. The number of nitrogens with zero attached hydrogens (tertiary/aromatic N) is 3. The van der Waals surface area contributed by atoms with Crippen LogP contribution in [0.2, 0.25) is 0 Å². The lowest BCUT2D eigenvalue weighted by Gasteiger charge is -2.05. The highest BCUT2D eigenvalue weighted by molar-refractivity contribution is 6.04. The van der Waals surface area contributed by atoms with Crippen LogP contribution in [0.4, 0.5) is 0 Å². The van der Waals surface area contributed by atoms with E-state index in [4.69, 9.17) is 0 Å². The lowest BCUT2D eigenvalue weighted by Crippen LogP contribution is -2.26. The van der Waals surface area contributed by atoms with Gasteiger partial charge in [0.1, 0.15) is 11.6 Å². The molecule has 0 aliphatic heterocycles. The Morgan fingerprint density at radius 1 is 1.44 bits per heavy atom. The van der Waals surface area contributed by atoms with Crippen molar-refractivity contribution in [2.24, 2.45) is 0 Å². The third kappa shape index (κ3) is 3.78. The van der Waals surface area contributed by atoms with Crippen LogP contribution in [-0.4, -0.2) is 27.0 Å². The number of carbonyl (C=O) groups excluding carboxylic acids is 1. The second-order valence-corrected chi connectivity index (χ2v) is 5.79. The van der Waals surface area contributed by atoms with Gasteiger partial charge in [0, 0.05) is 47.6 Å². The molecule has 2 aromatic heterocycles. The number of para-hydroxylation sites is 1. The molecule has 3 aromatic rings. The number of rotatable bonds is 6. The first-order valence-electron chi connectivity index (χ1n) is 8.12. The van der Waals surface area contributed by atoms with E-state index in [-0.39, 0.29) is 11.5 Å². The van der Waals surface area contributed by atoms with Crippen LogP contribution in [0.3, 0.4) is 0 Å². The number of aromatic amines is 1. The van der Waals surface area contributed by atoms with Crippen LogP contribution >= 0.6 is 0 Å². The third-order valence-electron chi connectivity index (χ3n) is 4.04. The van der Waals surface area contributed by atoms with E-state index in [2.05, 4.69) is 15.3 Å². The molecule has 0 unspecified atom stereocenters. The van der Waals surface area contributed by atoms with Crippen LogP contribution in [0.5, 0.6) is 0 Å². The molecule has 0 saturated heterocycles. The van der Waals surface area contributed by atoms with Crippen molar-refractivity contribution >= 4 is 22.9 Å². The molecule has 6 nitrogen and oxygen atoms in total. The summed E-state index contributed by atoms with van der Waals surface area (Å²) in [5, 5.41) is 13.2. The molecule has 2 N–H and O–H groups in total. The monoisotopic (exact) mass is 333 g/mol. The Bertz CT molecular complexity index is 944. The first kappa shape index (κ1) is 16.5. The van der Waals surface area contributed by atoms with E-state index in [9.17, 15) is 10.1 Å². The summed E-state index contributed by atoms with van der Waals surface area (Å²) in [7, 11) is 0. The molecule has 2 heterocycles. The standard InChI is InChI=1S/C19H19N5O/c1-14-17(16-5-2-3-6-18(16)23-14)11-15(12-20)19(25)22-7-4-9-24-10-8-21-13-24/h2-3,5-6,8,10-11,13,23H,4,7,9H2,1H3,(H,22,25)/b15-11+. The number of nitrogens with one attached hydrogen (secondary N) is 2. The van der Waals surface area contributed by atoms with Gasteiger partial charge in [-0.15, -0.1) is 0 Å². The van der Waals surface area contributed by atoms with Crippen molar-refractivity contribution in [2.45, 2.75) is 19.9 Å². The highest BCUT2D eigenvalue weighted by Crippen LogP contribution is 2.24. The molecule has 0 atom stereocenters. The van der Waals surface area contributed by atoms with E-state index in [1.54, 1.807) is 18.6 Å². The molecule has 25 heavy (non-hydrogen) atoms. The van der Waals surface area contributed by atoms with Gasteiger partial charge in [0.2, 0.25) is 0 Å². The average Bonchev–Trinajstić information content (AvgIpc) is 3.24. The van der Waals surface area contributed by atoms with Crippen LogP contribution in [0, 0.1) is 18.3 Å². The summed E-state index contributed by atoms with van der Waals surface area (Å²) >= 11 is 0. The van der Waals surface area contributed by atoms with E-state index in [0.717, 1.165) is 35.1 Å². The minimum absolute atomic E-state index is 0.107. The summed E-state index contributed by atoms with van der Waals surface area (Å²) in [6.07, 6.45) is 7.76. The Kier molecular flexibility index (Phi) is 4.95. The quantitative estimate of drug-likeness (QED) is 0.413. The highest BCUT2D eigenvalue weighted by atomic mass is 16.1. The maximum absolute atomic E-state index is 12.3. The molecular weight excluding hydrogens is 314 g/mol. The first-order chi connectivity index (χ1) is 12.2. The van der Waals surface area contributed by atoms with Crippen molar-refractivity contribution in [3.63, 3.8) is 0 Å². The van der Waals surface area contributed by atoms with E-state index in [0.29, 0.717) is 6.54 Å². The van der Waals surface area contributed by atoms with Gasteiger partial charge in [0.25, 0.3) is 5.91 Å². The van der Waals surface area contributed by atoms with E-state index < -0.39 is 0 Å². The third-order valence-corrected chi connectivity index (χ3v) is 4.04. The Balaban J connectivity index is 1.68. The summed E-state index contributed by atoms with van der Waals surface area (Å²) in [5.41, 5.74) is 2.90. The summed E-state index contributed by atoms with van der Waals surface area (Å²) in [6.45, 7) is 3.21. The van der Waals surface area contributed by atoms with Crippen molar-refractivity contribution in [1.82, 2.24) is 19.9 Å². The van der Waals surface area contributed by atoms with E-state index in [1.807, 2.05) is 48.0 Å². The van der Waals surface area contributed by atoms with Gasteiger partial charge in [-0.25, -0.2) is 4.98 Å². The number of benzene rings is 1. The fourth-order valence-corrected chi connectivity index (χ4v) is 2.76. The van der Waals surface area contributed by atoms with Gasteiger partial charge in [-0.1, -0.05) is 18.2 Å². The number of hydrogen-bond acceptors (Lipinski definition) is 3. The first-order valence-corrected chi connectivity index (χ1v) is 8.12. The lowest BCUT2D eigenvalue weighted by atomic mass is 10.1. The zero-order chi connectivity index (χ0) is 17.6. The zero-order valence-electron chi connectivity index (χ0n) is 14.0. The van der Waals surface area contributed by atoms with Crippen LogP contribution < -0.4 is 5.32 Å². The molecule has 0 fully saturated rings. The molecule has 0 bridgehead atoms. The van der Waals surface area contributed by atoms with Gasteiger partial charge in [0.05, 0.1) is 6.33 Å². The Morgan fingerprint density at radius 3 is 3.04 bits per heavy atom. The van der Waals surface area contributed by atoms with Gasteiger partial charge in [-0.2, -0.15) is 5.26 Å². The molecular formula is C19H19N5O. The second kappa shape index (κ2) is 7.49. The number of nitriles is 1. The van der Waals surface area contributed by atoms with Crippen LogP contribution in [0.25, 0.3) is 17.0 Å². The SMILES string of the molecule is Cc1[nH]c2ccccc2c1/C=C(\C#N)C(=O)NCCCn1ccnc1. The number of imidazole rings is 1. The molecule has 3 rings (SSSR count). The van der Waals surface area contributed by atoms with Crippen molar-refractivity contribution in [2.75, 3.05) is 6.54 Å². The minimum atomic E-state index is -0.349. The second-order valence-electron chi connectivity index (χ2n) is 5.79. The molecule has 0 aliphatic carbocycles. The molecule has 0 saturated carbocycles. The molecule has 0 aliphatic rings. The fourth-order valence-electron chi connectivity index (χ4n) is 2.76. The van der Waals surface area contributed by atoms with Crippen molar-refractivity contribution in [3.05, 3.63) is 59.8 Å². The van der Waals surface area contributed by atoms with Crippen LogP contribution in [-0.2, 0) is 11.3 Å². The molecule has 1 aromatic carbocycles. The van der Waals surface area contributed by atoms with Gasteiger partial charge in [-0.05, 0) is 25.5 Å². The predicted molar refractivity (Wildman–Crippen MR) is 96.5 cm³/mol. The number of carbonyl (C=O) groups is 1. The van der Waals surface area contributed by atoms with Crippen LogP contribution in [0.15, 0.2) is 48.6 Å². The molecule has 126 valence electrons. The maximum atomic E-state index is 12.3. The molecule has 0 radical (unpaired) electrons. The Morgan fingerprint density at radius 2 is 2.28 bits per heavy atom. The van der Waals surface area contributed by atoms with Gasteiger partial charge in [-0.3, -0.25) is 4.79 Å². The van der Waals surface area contributed by atoms with Crippen molar-refractivity contribution < 1.29 is 4.79 Å². The number of amides is 1. The number of aryl methyl sites for hydroxylation is 2. The van der Waals surface area contributed by atoms with E-state index >= 15 is 0 Å². The Hall–Kier alpha value is -3.33. The smallest absolute Gasteiger partial charge is 0.261 e. The number of hydrogen-bond donors (Lipinski definition) is 2. The highest BCUT2D eigenvalue weighted by Gasteiger charge is 2.12. The topological polar surface area (TPSA) is 86.5 Å². The van der Waals surface area contributed by atoms with Crippen molar-refractivity contribution in [1.29, 1.82) is 5.26 Å². The van der Waals surface area contributed by atoms with E-state index in [1.165, 1.54) is 0 Å². The summed E-state index contributed by atoms with van der Waals surface area (Å²) < 4.78 is 1.95. The fraction of sp³-hybridized carbons (Fsp3) is 0.211. The largest absolute Gasteiger partial charge is 0.358 e. The molecule has 1 amide bonds. The number of fused-ring (bicyclic) bond motifs is 1. The average molecular weight is 333 g/mol. The van der Waals surface area contributed by atoms with Crippen molar-refractivity contribution in [3.8, 4) is 6.07 Å². The van der Waals surface area contributed by atoms with Gasteiger partial charge < -0.3 is 14.9 Å². The Labute approximate surface area is 145 Å². The number of aromatic nitrogens is 3. The molecule has 0 spiro atoms. The number of H-pyrrole nitrogens is 1. The lowest BCUT2D eigenvalue weighted by molar-refractivity contribution is -0.117. The summed E-state index contributed by atoms with van der Waals surface area (Å²) in [6, 6.07) is 9.84. The summed E-state index contributed by atoms with van der Waals surface area (Å²) in [5.74, 6) is -0.349. The van der Waals surface area contributed by atoms with Gasteiger partial charge in [0.15, 0.2) is 0 Å².